The summed E-state index contributed by atoms with van der Waals surface area (Å²) in [5, 5.41) is 0.697. The first-order chi connectivity index (χ1) is 10.1. The Hall–Kier alpha value is -2.07. The van der Waals surface area contributed by atoms with E-state index in [2.05, 4.69) is 0 Å². The molecule has 0 aliphatic rings. The number of carbonyl (C=O) groups excluding carboxylic acids is 2. The van der Waals surface area contributed by atoms with Gasteiger partial charge < -0.3 is 0 Å². The maximum absolute atomic E-state index is 10.8. The molecule has 0 radical (unpaired) electrons. The lowest BCUT2D eigenvalue weighted by Crippen LogP contribution is -2.00. The Labute approximate surface area is 126 Å². The Kier molecular flexibility index (Phi) is 7.26. The van der Waals surface area contributed by atoms with E-state index in [0.717, 1.165) is 17.4 Å². The van der Waals surface area contributed by atoms with Crippen molar-refractivity contribution in [2.24, 2.45) is 0 Å². The van der Waals surface area contributed by atoms with Crippen LogP contribution in [-0.4, -0.2) is 25.4 Å². The van der Waals surface area contributed by atoms with E-state index in [4.69, 9.17) is 11.6 Å². The average molecular weight is 311 g/mol. The van der Waals surface area contributed by atoms with E-state index in [1.54, 1.807) is 6.07 Å². The smallest absolute Gasteiger partial charge is 0.194 e. The van der Waals surface area contributed by atoms with Gasteiger partial charge in [-0.1, -0.05) is 48.0 Å². The SMILES string of the molecule is O=C(CF)CF.O=Cc1ccccc1-c1ccc(Cl)cc1. The fraction of sp³-hybridized carbons (Fsp3) is 0.125. The molecule has 0 heterocycles. The molecule has 2 aromatic carbocycles. The van der Waals surface area contributed by atoms with Gasteiger partial charge in [-0.05, 0) is 23.3 Å². The largest absolute Gasteiger partial charge is 0.298 e. The lowest BCUT2D eigenvalue weighted by Gasteiger charge is -2.04. The molecular formula is C16H13ClF2O2. The highest BCUT2D eigenvalue weighted by molar-refractivity contribution is 6.30. The molecule has 0 aliphatic heterocycles. The predicted octanol–water partition coefficient (Wildman–Crippen LogP) is 4.31. The zero-order valence-electron chi connectivity index (χ0n) is 11.1. The average Bonchev–Trinajstić information content (AvgIpc) is 2.55. The molecule has 0 aliphatic carbocycles. The second kappa shape index (κ2) is 8.97. The summed E-state index contributed by atoms with van der Waals surface area (Å²) in [4.78, 5) is 20.3. The van der Waals surface area contributed by atoms with Gasteiger partial charge in [0.15, 0.2) is 25.4 Å². The Balaban J connectivity index is 0.000000315. The number of aldehydes is 1. The molecule has 0 spiro atoms. The van der Waals surface area contributed by atoms with Crippen molar-refractivity contribution < 1.29 is 18.4 Å². The van der Waals surface area contributed by atoms with Crippen LogP contribution >= 0.6 is 11.6 Å². The minimum absolute atomic E-state index is 0.694. The molecule has 0 aromatic heterocycles. The highest BCUT2D eigenvalue weighted by atomic mass is 35.5. The molecule has 0 bridgehead atoms. The number of hydrogen-bond acceptors (Lipinski definition) is 2. The molecule has 0 N–H and O–H groups in total. The Morgan fingerprint density at radius 3 is 2.05 bits per heavy atom. The fourth-order valence-electron chi connectivity index (χ4n) is 1.53. The number of Topliss-reactive ketones (excluding diaryl/α,β-unsaturated/α-hetero) is 1. The highest BCUT2D eigenvalue weighted by Gasteiger charge is 2.02. The summed E-state index contributed by atoms with van der Waals surface area (Å²) >= 11 is 5.80. The third-order valence-electron chi connectivity index (χ3n) is 2.54. The van der Waals surface area contributed by atoms with Crippen LogP contribution in [0, 0.1) is 0 Å². The van der Waals surface area contributed by atoms with Gasteiger partial charge in [0.2, 0.25) is 0 Å². The van der Waals surface area contributed by atoms with Crippen LogP contribution in [0.5, 0.6) is 0 Å². The maximum Gasteiger partial charge on any atom is 0.194 e. The Bertz CT molecular complexity index is 591. The number of carbonyl (C=O) groups is 2. The molecule has 110 valence electrons. The van der Waals surface area contributed by atoms with Crippen molar-refractivity contribution in [3.05, 3.63) is 59.1 Å². The number of hydrogen-bond donors (Lipinski definition) is 0. The summed E-state index contributed by atoms with van der Waals surface area (Å²) in [5.74, 6) is -0.991. The van der Waals surface area contributed by atoms with Crippen molar-refractivity contribution in [3.8, 4) is 11.1 Å². The van der Waals surface area contributed by atoms with Gasteiger partial charge in [0.1, 0.15) is 0 Å². The first-order valence-corrected chi connectivity index (χ1v) is 6.44. The normalized spacial score (nSPS) is 9.48. The minimum Gasteiger partial charge on any atom is -0.298 e. The van der Waals surface area contributed by atoms with Crippen molar-refractivity contribution in [3.63, 3.8) is 0 Å². The number of halogens is 3. The number of ketones is 1. The van der Waals surface area contributed by atoms with Gasteiger partial charge in [0.05, 0.1) is 0 Å². The van der Waals surface area contributed by atoms with Crippen LogP contribution in [0.25, 0.3) is 11.1 Å². The second-order valence-corrected chi connectivity index (χ2v) is 4.45. The first kappa shape index (κ1) is 17.0. The monoisotopic (exact) mass is 310 g/mol. The van der Waals surface area contributed by atoms with Crippen molar-refractivity contribution in [1.29, 1.82) is 0 Å². The summed E-state index contributed by atoms with van der Waals surface area (Å²) in [5.41, 5.74) is 2.63. The van der Waals surface area contributed by atoms with Gasteiger partial charge in [-0.3, -0.25) is 9.59 Å². The standard InChI is InChI=1S/C13H9ClO.C3H4F2O/c14-12-7-5-10(6-8-12)13-4-2-1-3-11(13)9-15;4-1-3(6)2-5/h1-9H;1-2H2. The van der Waals surface area contributed by atoms with E-state index in [0.29, 0.717) is 10.6 Å². The third-order valence-corrected chi connectivity index (χ3v) is 2.79. The van der Waals surface area contributed by atoms with E-state index in [-0.39, 0.29) is 0 Å². The summed E-state index contributed by atoms with van der Waals surface area (Å²) in [6.07, 6.45) is 0.865. The van der Waals surface area contributed by atoms with E-state index >= 15 is 0 Å². The van der Waals surface area contributed by atoms with Crippen molar-refractivity contribution in [1.82, 2.24) is 0 Å². The molecule has 0 saturated heterocycles. The van der Waals surface area contributed by atoms with E-state index in [1.165, 1.54) is 0 Å². The van der Waals surface area contributed by atoms with Crippen LogP contribution in [-0.2, 0) is 4.79 Å². The van der Waals surface area contributed by atoms with Gasteiger partial charge in [-0.2, -0.15) is 0 Å². The predicted molar refractivity (Wildman–Crippen MR) is 79.2 cm³/mol. The lowest BCUT2D eigenvalue weighted by molar-refractivity contribution is -0.120. The highest BCUT2D eigenvalue weighted by Crippen LogP contribution is 2.23. The van der Waals surface area contributed by atoms with Crippen LogP contribution in [0.4, 0.5) is 8.78 Å². The Morgan fingerprint density at radius 1 is 1.00 bits per heavy atom. The minimum atomic E-state index is -1.18. The van der Waals surface area contributed by atoms with Crippen LogP contribution in [0.2, 0.25) is 5.02 Å². The van der Waals surface area contributed by atoms with Gasteiger partial charge in [0, 0.05) is 10.6 Å². The number of alkyl halides is 2. The molecule has 21 heavy (non-hydrogen) atoms. The van der Waals surface area contributed by atoms with Gasteiger partial charge in [-0.15, -0.1) is 0 Å². The van der Waals surface area contributed by atoms with Crippen molar-refractivity contribution in [2.75, 3.05) is 13.3 Å². The van der Waals surface area contributed by atoms with Crippen molar-refractivity contribution >= 4 is 23.7 Å². The quantitative estimate of drug-likeness (QED) is 0.788. The summed E-state index contributed by atoms with van der Waals surface area (Å²) in [6.45, 7) is -2.37. The maximum atomic E-state index is 10.8. The zero-order valence-corrected chi connectivity index (χ0v) is 11.8. The number of benzene rings is 2. The molecule has 5 heteroatoms. The summed E-state index contributed by atoms with van der Waals surface area (Å²) in [6, 6.07) is 14.9. The molecule has 0 amide bonds. The summed E-state index contributed by atoms with van der Waals surface area (Å²) < 4.78 is 21.6. The first-order valence-electron chi connectivity index (χ1n) is 6.06. The third kappa shape index (κ3) is 5.44. The number of rotatable bonds is 4. The van der Waals surface area contributed by atoms with Gasteiger partial charge in [0.25, 0.3) is 0 Å². The molecule has 2 nitrogen and oxygen atoms in total. The molecule has 0 fully saturated rings. The fourth-order valence-corrected chi connectivity index (χ4v) is 1.65. The molecular weight excluding hydrogens is 298 g/mol. The summed E-state index contributed by atoms with van der Waals surface area (Å²) in [7, 11) is 0. The molecule has 2 aromatic rings. The molecule has 0 atom stereocenters. The van der Waals surface area contributed by atoms with Crippen LogP contribution in [0.3, 0.4) is 0 Å². The van der Waals surface area contributed by atoms with Crippen LogP contribution in [0.1, 0.15) is 10.4 Å². The van der Waals surface area contributed by atoms with E-state index < -0.39 is 19.1 Å². The second-order valence-electron chi connectivity index (χ2n) is 4.02. The van der Waals surface area contributed by atoms with E-state index in [1.807, 2.05) is 42.5 Å². The van der Waals surface area contributed by atoms with Crippen molar-refractivity contribution in [2.45, 2.75) is 0 Å². The lowest BCUT2D eigenvalue weighted by atomic mass is 10.0. The van der Waals surface area contributed by atoms with Crippen LogP contribution < -0.4 is 0 Å². The van der Waals surface area contributed by atoms with Gasteiger partial charge in [-0.25, -0.2) is 8.78 Å². The zero-order chi connectivity index (χ0) is 15.7. The topological polar surface area (TPSA) is 34.1 Å². The van der Waals surface area contributed by atoms with Gasteiger partial charge >= 0.3 is 0 Å². The van der Waals surface area contributed by atoms with Crippen LogP contribution in [0.15, 0.2) is 48.5 Å². The van der Waals surface area contributed by atoms with E-state index in [9.17, 15) is 18.4 Å². The Morgan fingerprint density at radius 2 is 1.57 bits per heavy atom. The molecule has 0 saturated carbocycles. The molecule has 0 unspecified atom stereocenters. The molecule has 2 rings (SSSR count).